The molecule has 2 N–H and O–H groups in total. The molecule has 2 aromatic heterocycles. The number of hydrogen-bond donors (Lipinski definition) is 2. The van der Waals surface area contributed by atoms with Crippen molar-refractivity contribution in [3.8, 4) is 11.4 Å². The number of hydrogen-bond acceptors (Lipinski definition) is 9. The van der Waals surface area contributed by atoms with Crippen molar-refractivity contribution in [3.63, 3.8) is 0 Å². The summed E-state index contributed by atoms with van der Waals surface area (Å²) in [6.07, 6.45) is 0. The zero-order valence-corrected chi connectivity index (χ0v) is 17.9. The molecule has 0 spiro atoms. The molecule has 10 nitrogen and oxygen atoms in total. The molecule has 0 bridgehead atoms. The van der Waals surface area contributed by atoms with Crippen LogP contribution in [0.25, 0.3) is 11.4 Å². The van der Waals surface area contributed by atoms with E-state index in [1.165, 1.54) is 0 Å². The second kappa shape index (κ2) is 7.97. The Hall–Kier alpha value is -2.70. The van der Waals surface area contributed by atoms with Crippen molar-refractivity contribution in [2.75, 3.05) is 5.32 Å². The number of amides is 1. The van der Waals surface area contributed by atoms with Crippen LogP contribution < -0.4 is 10.0 Å². The Balaban J connectivity index is 1.67. The third kappa shape index (κ3) is 5.02. The van der Waals surface area contributed by atoms with Crippen LogP contribution in [0.15, 0.2) is 33.1 Å². The van der Waals surface area contributed by atoms with Crippen LogP contribution in [0, 0.1) is 12.3 Å². The summed E-state index contributed by atoms with van der Waals surface area (Å²) in [5, 5.41) is 13.9. The molecule has 154 valence electrons. The number of benzene rings is 1. The summed E-state index contributed by atoms with van der Waals surface area (Å²) in [4.78, 5) is 16.2. The molecular formula is C17H20N6O4S2. The first-order valence-corrected chi connectivity index (χ1v) is 10.9. The lowest BCUT2D eigenvalue weighted by molar-refractivity contribution is -0.123. The van der Waals surface area contributed by atoms with Gasteiger partial charge in [-0.15, -0.1) is 10.2 Å². The summed E-state index contributed by atoms with van der Waals surface area (Å²) in [5.74, 6) is 0.193. The molecule has 0 fully saturated rings. The number of nitrogens with one attached hydrogen (secondary N) is 2. The molecule has 3 aromatic rings. The highest BCUT2D eigenvalue weighted by Crippen LogP contribution is 2.23. The summed E-state index contributed by atoms with van der Waals surface area (Å²) in [6.45, 7) is 6.92. The standard InChI is InChI=1S/C17H20N6O4S2/c1-10-7-5-6-8-11(10)13-19-12(27-23-13)9-18-29(25,26)16-22-21-15(28-16)20-14(24)17(2,3)4/h5-8,18H,9H2,1-4H3,(H,20,21,24). The number of carbonyl (C=O) groups is 1. The molecular weight excluding hydrogens is 416 g/mol. The molecule has 0 saturated carbocycles. The van der Waals surface area contributed by atoms with Crippen LogP contribution in [0.3, 0.4) is 0 Å². The van der Waals surface area contributed by atoms with Crippen LogP contribution in [0.4, 0.5) is 5.13 Å². The first kappa shape index (κ1) is 21.0. The van der Waals surface area contributed by atoms with Gasteiger partial charge in [0.05, 0.1) is 6.54 Å². The van der Waals surface area contributed by atoms with Crippen molar-refractivity contribution in [2.24, 2.45) is 5.41 Å². The van der Waals surface area contributed by atoms with Crippen LogP contribution in [-0.4, -0.2) is 34.7 Å². The summed E-state index contributed by atoms with van der Waals surface area (Å²) in [7, 11) is -3.96. The maximum Gasteiger partial charge on any atom is 0.270 e. The zero-order valence-electron chi connectivity index (χ0n) is 16.3. The Morgan fingerprint density at radius 3 is 2.62 bits per heavy atom. The van der Waals surface area contributed by atoms with Gasteiger partial charge in [0, 0.05) is 11.0 Å². The van der Waals surface area contributed by atoms with Crippen LogP contribution in [0.5, 0.6) is 0 Å². The fourth-order valence-corrected chi connectivity index (χ4v) is 4.04. The molecule has 1 amide bonds. The van der Waals surface area contributed by atoms with Gasteiger partial charge in [0.2, 0.25) is 27.1 Å². The number of aromatic nitrogens is 4. The Kier molecular flexibility index (Phi) is 5.78. The Bertz CT molecular complexity index is 1130. The van der Waals surface area contributed by atoms with Gasteiger partial charge in [-0.25, -0.2) is 8.42 Å². The maximum atomic E-state index is 12.4. The largest absolute Gasteiger partial charge is 0.338 e. The van der Waals surface area contributed by atoms with Gasteiger partial charge in [-0.1, -0.05) is 61.5 Å². The summed E-state index contributed by atoms with van der Waals surface area (Å²) in [5.41, 5.74) is 1.13. The van der Waals surface area contributed by atoms with Crippen molar-refractivity contribution < 1.29 is 17.7 Å². The van der Waals surface area contributed by atoms with Crippen molar-refractivity contribution in [1.82, 2.24) is 25.1 Å². The van der Waals surface area contributed by atoms with Gasteiger partial charge in [-0.05, 0) is 12.5 Å². The van der Waals surface area contributed by atoms with Crippen molar-refractivity contribution >= 4 is 32.4 Å². The van der Waals surface area contributed by atoms with Crippen molar-refractivity contribution in [2.45, 2.75) is 38.6 Å². The van der Waals surface area contributed by atoms with Crippen molar-refractivity contribution in [3.05, 3.63) is 35.7 Å². The van der Waals surface area contributed by atoms with E-state index in [1.54, 1.807) is 20.8 Å². The molecule has 0 atom stereocenters. The normalized spacial score (nSPS) is 12.1. The van der Waals surface area contributed by atoms with Gasteiger partial charge in [0.1, 0.15) is 0 Å². The number of nitrogens with zero attached hydrogens (tertiary/aromatic N) is 4. The molecule has 0 aliphatic rings. The average Bonchev–Trinajstić information content (AvgIpc) is 3.29. The predicted octanol–water partition coefficient (Wildman–Crippen LogP) is 2.36. The van der Waals surface area contributed by atoms with Gasteiger partial charge in [0.15, 0.2) is 0 Å². The fraction of sp³-hybridized carbons (Fsp3) is 0.353. The van der Waals surface area contributed by atoms with Crippen LogP contribution in [-0.2, 0) is 21.4 Å². The van der Waals surface area contributed by atoms with E-state index in [0.717, 1.165) is 22.5 Å². The fourth-order valence-electron chi connectivity index (χ4n) is 2.13. The molecule has 2 heterocycles. The zero-order chi connectivity index (χ0) is 21.2. The minimum atomic E-state index is -3.96. The first-order valence-electron chi connectivity index (χ1n) is 8.59. The van der Waals surface area contributed by atoms with Crippen molar-refractivity contribution in [1.29, 1.82) is 0 Å². The monoisotopic (exact) mass is 436 g/mol. The first-order chi connectivity index (χ1) is 13.6. The Labute approximate surface area is 171 Å². The molecule has 29 heavy (non-hydrogen) atoms. The highest BCUT2D eigenvalue weighted by Gasteiger charge is 2.25. The molecule has 0 aliphatic heterocycles. The van der Waals surface area contributed by atoms with E-state index in [0.29, 0.717) is 5.82 Å². The van der Waals surface area contributed by atoms with Gasteiger partial charge in [0.25, 0.3) is 10.0 Å². The van der Waals surface area contributed by atoms with Gasteiger partial charge < -0.3 is 9.84 Å². The molecule has 0 radical (unpaired) electrons. The van der Waals surface area contributed by atoms with Crippen LogP contribution in [0.2, 0.25) is 0 Å². The summed E-state index contributed by atoms with van der Waals surface area (Å²) in [6, 6.07) is 7.52. The number of carbonyl (C=O) groups excluding carboxylic acids is 1. The molecule has 0 saturated heterocycles. The third-order valence-corrected chi connectivity index (χ3v) is 6.41. The van der Waals surface area contributed by atoms with E-state index in [2.05, 4.69) is 30.4 Å². The Morgan fingerprint density at radius 2 is 1.93 bits per heavy atom. The number of sulfonamides is 1. The quantitative estimate of drug-likeness (QED) is 0.561. The number of rotatable bonds is 6. The lowest BCUT2D eigenvalue weighted by Gasteiger charge is -2.15. The predicted molar refractivity (Wildman–Crippen MR) is 106 cm³/mol. The second-order valence-corrected chi connectivity index (χ2v) is 10.1. The van der Waals surface area contributed by atoms with Crippen LogP contribution in [0.1, 0.15) is 32.2 Å². The van der Waals surface area contributed by atoms with E-state index in [1.807, 2.05) is 31.2 Å². The molecule has 0 unspecified atom stereocenters. The van der Waals surface area contributed by atoms with E-state index < -0.39 is 15.4 Å². The molecule has 12 heteroatoms. The average molecular weight is 437 g/mol. The molecule has 1 aromatic carbocycles. The second-order valence-electron chi connectivity index (χ2n) is 7.23. The molecule has 3 rings (SSSR count). The number of anilines is 1. The van der Waals surface area contributed by atoms with E-state index in [4.69, 9.17) is 4.52 Å². The highest BCUT2D eigenvalue weighted by atomic mass is 32.2. The molecule has 0 aliphatic carbocycles. The third-order valence-electron chi connectivity index (χ3n) is 3.81. The SMILES string of the molecule is Cc1ccccc1-c1noc(CNS(=O)(=O)c2nnc(NC(=O)C(C)(C)C)s2)n1. The highest BCUT2D eigenvalue weighted by molar-refractivity contribution is 7.91. The Morgan fingerprint density at radius 1 is 1.21 bits per heavy atom. The summed E-state index contributed by atoms with van der Waals surface area (Å²) >= 11 is 0.752. The lowest BCUT2D eigenvalue weighted by atomic mass is 9.96. The van der Waals surface area contributed by atoms with Gasteiger partial charge >= 0.3 is 0 Å². The van der Waals surface area contributed by atoms with E-state index in [9.17, 15) is 13.2 Å². The summed E-state index contributed by atoms with van der Waals surface area (Å²) < 4.78 is 32.0. The topological polar surface area (TPSA) is 140 Å². The van der Waals surface area contributed by atoms with E-state index >= 15 is 0 Å². The smallest absolute Gasteiger partial charge is 0.270 e. The van der Waals surface area contributed by atoms with Gasteiger partial charge in [-0.2, -0.15) is 9.71 Å². The lowest BCUT2D eigenvalue weighted by Crippen LogP contribution is -2.27. The minimum Gasteiger partial charge on any atom is -0.338 e. The van der Waals surface area contributed by atoms with Crippen LogP contribution >= 0.6 is 11.3 Å². The maximum absolute atomic E-state index is 12.4. The van der Waals surface area contributed by atoms with E-state index in [-0.39, 0.29) is 27.8 Å². The van der Waals surface area contributed by atoms with Gasteiger partial charge in [-0.3, -0.25) is 4.79 Å². The minimum absolute atomic E-state index is 0.102. The number of aryl methyl sites for hydroxylation is 1.